The highest BCUT2D eigenvalue weighted by Gasteiger charge is 2.33. The molecule has 0 aromatic rings. The van der Waals surface area contributed by atoms with Crippen molar-refractivity contribution in [3.63, 3.8) is 0 Å². The van der Waals surface area contributed by atoms with Crippen LogP contribution in [0.5, 0.6) is 0 Å². The van der Waals surface area contributed by atoms with E-state index in [9.17, 15) is 9.90 Å². The first-order valence-corrected chi connectivity index (χ1v) is 6.18. The van der Waals surface area contributed by atoms with Gasteiger partial charge in [0.1, 0.15) is 0 Å². The third-order valence-electron chi connectivity index (χ3n) is 3.17. The van der Waals surface area contributed by atoms with Gasteiger partial charge in [0.15, 0.2) is 0 Å². The van der Waals surface area contributed by atoms with Gasteiger partial charge in [0, 0.05) is 20.0 Å². The zero-order valence-corrected chi connectivity index (χ0v) is 11.0. The Morgan fingerprint density at radius 2 is 1.81 bits per heavy atom. The van der Waals surface area contributed by atoms with Crippen molar-refractivity contribution >= 4 is 5.91 Å². The molecule has 0 radical (unpaired) electrons. The number of carbonyl (C=O) groups is 1. The molecule has 1 aliphatic carbocycles. The lowest BCUT2D eigenvalue weighted by atomic mass is 9.91. The second kappa shape index (κ2) is 4.74. The number of rotatable bonds is 3. The van der Waals surface area contributed by atoms with E-state index in [1.54, 1.807) is 11.9 Å². The average Bonchev–Trinajstić information content (AvgIpc) is 2.48. The molecule has 1 rings (SSSR count). The van der Waals surface area contributed by atoms with E-state index in [-0.39, 0.29) is 11.3 Å². The number of carbonyl (C=O) groups excluding carboxylic acids is 1. The van der Waals surface area contributed by atoms with Gasteiger partial charge in [-0.25, -0.2) is 0 Å². The number of amides is 1. The molecule has 0 aromatic heterocycles. The van der Waals surface area contributed by atoms with Gasteiger partial charge in [-0.3, -0.25) is 4.79 Å². The van der Waals surface area contributed by atoms with Crippen molar-refractivity contribution in [1.29, 1.82) is 0 Å². The molecule has 3 heteroatoms. The van der Waals surface area contributed by atoms with Crippen LogP contribution in [-0.4, -0.2) is 35.1 Å². The van der Waals surface area contributed by atoms with E-state index in [1.165, 1.54) is 0 Å². The number of hydrogen-bond acceptors (Lipinski definition) is 2. The highest BCUT2D eigenvalue weighted by atomic mass is 16.3. The average molecular weight is 227 g/mol. The van der Waals surface area contributed by atoms with Gasteiger partial charge in [0.05, 0.1) is 5.60 Å². The van der Waals surface area contributed by atoms with Crippen LogP contribution in [-0.2, 0) is 4.79 Å². The van der Waals surface area contributed by atoms with Crippen LogP contribution >= 0.6 is 0 Å². The Labute approximate surface area is 98.8 Å². The highest BCUT2D eigenvalue weighted by molar-refractivity contribution is 5.76. The first-order chi connectivity index (χ1) is 7.22. The molecule has 1 amide bonds. The smallest absolute Gasteiger partial charge is 0.222 e. The van der Waals surface area contributed by atoms with Gasteiger partial charge < -0.3 is 10.0 Å². The maximum absolute atomic E-state index is 11.9. The second-order valence-corrected chi connectivity index (χ2v) is 6.42. The molecule has 3 nitrogen and oxygen atoms in total. The largest absolute Gasteiger partial charge is 0.388 e. The van der Waals surface area contributed by atoms with E-state index in [4.69, 9.17) is 0 Å². The summed E-state index contributed by atoms with van der Waals surface area (Å²) in [6.07, 6.45) is 4.37. The Bertz CT molecular complexity index is 249. The number of nitrogens with zero attached hydrogens (tertiary/aromatic N) is 1. The highest BCUT2D eigenvalue weighted by Crippen LogP contribution is 2.30. The molecule has 1 fully saturated rings. The number of aliphatic hydroxyl groups is 1. The molecule has 1 saturated carbocycles. The summed E-state index contributed by atoms with van der Waals surface area (Å²) in [5.74, 6) is 0.132. The topological polar surface area (TPSA) is 40.5 Å². The lowest BCUT2D eigenvalue weighted by molar-refractivity contribution is -0.135. The lowest BCUT2D eigenvalue weighted by Gasteiger charge is -2.30. The molecule has 0 bridgehead atoms. The standard InChI is InChI=1S/C13H25NO2/c1-12(2,3)9-11(15)14(4)10-13(16)7-5-6-8-13/h16H,5-10H2,1-4H3. The first-order valence-electron chi connectivity index (χ1n) is 6.18. The summed E-state index contributed by atoms with van der Waals surface area (Å²) in [5.41, 5.74) is -0.605. The van der Waals surface area contributed by atoms with Crippen molar-refractivity contribution in [2.75, 3.05) is 13.6 Å². The van der Waals surface area contributed by atoms with Gasteiger partial charge in [-0.1, -0.05) is 33.6 Å². The molecule has 0 aromatic carbocycles. The molecule has 0 atom stereocenters. The molecule has 1 N–H and O–H groups in total. The summed E-state index contributed by atoms with van der Waals surface area (Å²) in [6.45, 7) is 6.66. The quantitative estimate of drug-likeness (QED) is 0.803. The van der Waals surface area contributed by atoms with Gasteiger partial charge in [-0.15, -0.1) is 0 Å². The Hall–Kier alpha value is -0.570. The third-order valence-corrected chi connectivity index (χ3v) is 3.17. The van der Waals surface area contributed by atoms with Gasteiger partial charge in [-0.05, 0) is 18.3 Å². The minimum Gasteiger partial charge on any atom is -0.388 e. The van der Waals surface area contributed by atoms with Crippen LogP contribution in [0.3, 0.4) is 0 Å². The SMILES string of the molecule is CN(CC1(O)CCCC1)C(=O)CC(C)(C)C. The lowest BCUT2D eigenvalue weighted by Crippen LogP contribution is -2.42. The minimum absolute atomic E-state index is 0.0175. The van der Waals surface area contributed by atoms with Crippen LogP contribution in [0.25, 0.3) is 0 Å². The van der Waals surface area contributed by atoms with E-state index < -0.39 is 5.60 Å². The van der Waals surface area contributed by atoms with E-state index in [0.717, 1.165) is 25.7 Å². The fourth-order valence-electron chi connectivity index (χ4n) is 2.31. The maximum atomic E-state index is 11.9. The van der Waals surface area contributed by atoms with Crippen LogP contribution in [0, 0.1) is 5.41 Å². The molecule has 0 heterocycles. The molecule has 0 saturated heterocycles. The molecule has 0 unspecified atom stereocenters. The monoisotopic (exact) mass is 227 g/mol. The minimum atomic E-state index is -0.623. The van der Waals surface area contributed by atoms with Crippen LogP contribution in [0.15, 0.2) is 0 Å². The summed E-state index contributed by atoms with van der Waals surface area (Å²) < 4.78 is 0. The van der Waals surface area contributed by atoms with Crippen molar-refractivity contribution in [1.82, 2.24) is 4.90 Å². The van der Waals surface area contributed by atoms with E-state index >= 15 is 0 Å². The van der Waals surface area contributed by atoms with E-state index in [2.05, 4.69) is 20.8 Å². The number of hydrogen-bond donors (Lipinski definition) is 1. The third kappa shape index (κ3) is 4.12. The zero-order valence-electron chi connectivity index (χ0n) is 11.0. The van der Waals surface area contributed by atoms with Crippen LogP contribution < -0.4 is 0 Å². The normalized spacial score (nSPS) is 19.8. The zero-order chi connectivity index (χ0) is 12.4. The molecule has 0 spiro atoms. The molecular formula is C13H25NO2. The van der Waals surface area contributed by atoms with E-state index in [1.807, 2.05) is 0 Å². The van der Waals surface area contributed by atoms with Gasteiger partial charge in [0.25, 0.3) is 0 Å². The fourth-order valence-corrected chi connectivity index (χ4v) is 2.31. The predicted molar refractivity (Wildman–Crippen MR) is 65.1 cm³/mol. The predicted octanol–water partition coefficient (Wildman–Crippen LogP) is 2.19. The van der Waals surface area contributed by atoms with Gasteiger partial charge in [0.2, 0.25) is 5.91 Å². The van der Waals surface area contributed by atoms with Crippen molar-refractivity contribution in [2.45, 2.75) is 58.5 Å². The van der Waals surface area contributed by atoms with Gasteiger partial charge >= 0.3 is 0 Å². The molecule has 1 aliphatic rings. The Kier molecular flexibility index (Phi) is 4.00. The fraction of sp³-hybridized carbons (Fsp3) is 0.923. The Morgan fingerprint density at radius 3 is 2.25 bits per heavy atom. The Balaban J connectivity index is 2.45. The summed E-state index contributed by atoms with van der Waals surface area (Å²) >= 11 is 0. The van der Waals surface area contributed by atoms with Gasteiger partial charge in [-0.2, -0.15) is 0 Å². The number of likely N-dealkylation sites (N-methyl/N-ethyl adjacent to an activating group) is 1. The van der Waals surface area contributed by atoms with Crippen molar-refractivity contribution < 1.29 is 9.90 Å². The maximum Gasteiger partial charge on any atom is 0.222 e. The van der Waals surface area contributed by atoms with Crippen molar-refractivity contribution in [3.05, 3.63) is 0 Å². The summed E-state index contributed by atoms with van der Waals surface area (Å²) in [4.78, 5) is 13.6. The van der Waals surface area contributed by atoms with Crippen molar-refractivity contribution in [3.8, 4) is 0 Å². The molecule has 16 heavy (non-hydrogen) atoms. The molecule has 94 valence electrons. The molecule has 0 aliphatic heterocycles. The summed E-state index contributed by atoms with van der Waals surface area (Å²) in [5, 5.41) is 10.2. The first kappa shape index (κ1) is 13.5. The molecular weight excluding hydrogens is 202 g/mol. The summed E-state index contributed by atoms with van der Waals surface area (Å²) in [6, 6.07) is 0. The summed E-state index contributed by atoms with van der Waals surface area (Å²) in [7, 11) is 1.80. The van der Waals surface area contributed by atoms with Crippen LogP contribution in [0.4, 0.5) is 0 Å². The van der Waals surface area contributed by atoms with Crippen molar-refractivity contribution in [2.24, 2.45) is 5.41 Å². The van der Waals surface area contributed by atoms with Crippen LogP contribution in [0.2, 0.25) is 0 Å². The van der Waals surface area contributed by atoms with Crippen LogP contribution in [0.1, 0.15) is 52.9 Å². The van der Waals surface area contributed by atoms with E-state index in [0.29, 0.717) is 13.0 Å². The second-order valence-electron chi connectivity index (χ2n) is 6.42. The Morgan fingerprint density at radius 1 is 1.31 bits per heavy atom.